The lowest BCUT2D eigenvalue weighted by atomic mass is 9.95. The molecule has 1 saturated carbocycles. The van der Waals surface area contributed by atoms with E-state index in [1.54, 1.807) is 0 Å². The van der Waals surface area contributed by atoms with Crippen LogP contribution < -0.4 is 20.1 Å². The highest BCUT2D eigenvalue weighted by Crippen LogP contribution is 2.30. The first-order valence-corrected chi connectivity index (χ1v) is 8.19. The molecule has 124 valence electrons. The Morgan fingerprint density at radius 1 is 1.04 bits per heavy atom. The van der Waals surface area contributed by atoms with E-state index in [9.17, 15) is 9.59 Å². The van der Waals surface area contributed by atoms with Crippen LogP contribution in [0.1, 0.15) is 32.1 Å². The van der Waals surface area contributed by atoms with Crippen LogP contribution in [0, 0.1) is 0 Å². The summed E-state index contributed by atoms with van der Waals surface area (Å²) >= 11 is 0. The van der Waals surface area contributed by atoms with Crippen LogP contribution in [-0.4, -0.2) is 37.1 Å². The normalized spacial score (nSPS) is 20.6. The maximum atomic E-state index is 11.9. The predicted molar refractivity (Wildman–Crippen MR) is 84.4 cm³/mol. The monoisotopic (exact) mass is 318 g/mol. The summed E-state index contributed by atoms with van der Waals surface area (Å²) in [6, 6.07) is 7.52. The van der Waals surface area contributed by atoms with Gasteiger partial charge in [-0.2, -0.15) is 0 Å². The van der Waals surface area contributed by atoms with Gasteiger partial charge >= 0.3 is 11.8 Å². The number of amides is 2. The van der Waals surface area contributed by atoms with Crippen LogP contribution in [0.2, 0.25) is 0 Å². The molecule has 2 amide bonds. The van der Waals surface area contributed by atoms with E-state index >= 15 is 0 Å². The Labute approximate surface area is 135 Å². The first-order valence-electron chi connectivity index (χ1n) is 8.19. The Hall–Kier alpha value is -2.24. The van der Waals surface area contributed by atoms with Crippen molar-refractivity contribution in [1.82, 2.24) is 10.6 Å². The van der Waals surface area contributed by atoms with Crippen LogP contribution in [-0.2, 0) is 9.59 Å². The molecule has 1 aliphatic heterocycles. The van der Waals surface area contributed by atoms with Gasteiger partial charge in [0.15, 0.2) is 11.5 Å². The Morgan fingerprint density at radius 3 is 2.57 bits per heavy atom. The lowest BCUT2D eigenvalue weighted by Crippen LogP contribution is -2.48. The molecule has 6 nitrogen and oxygen atoms in total. The lowest BCUT2D eigenvalue weighted by molar-refractivity contribution is -0.140. The molecule has 0 radical (unpaired) electrons. The molecule has 2 aliphatic rings. The minimum atomic E-state index is -0.613. The maximum absolute atomic E-state index is 11.9. The van der Waals surface area contributed by atoms with Gasteiger partial charge in [-0.25, -0.2) is 0 Å². The zero-order valence-electron chi connectivity index (χ0n) is 13.0. The first kappa shape index (κ1) is 15.6. The summed E-state index contributed by atoms with van der Waals surface area (Å²) in [6.07, 6.45) is 5.04. The number of hydrogen-bond donors (Lipinski definition) is 2. The van der Waals surface area contributed by atoms with Gasteiger partial charge in [0.25, 0.3) is 0 Å². The van der Waals surface area contributed by atoms with Crippen molar-refractivity contribution in [3.8, 4) is 11.5 Å². The Morgan fingerprint density at radius 2 is 1.78 bits per heavy atom. The number of carbonyl (C=O) groups is 2. The SMILES string of the molecule is O=C(NC[C@H]1COc2ccccc2O1)C(=O)NC1CCCCC1. The summed E-state index contributed by atoms with van der Waals surface area (Å²) in [7, 11) is 0. The van der Waals surface area contributed by atoms with E-state index in [4.69, 9.17) is 9.47 Å². The van der Waals surface area contributed by atoms with Gasteiger partial charge in [-0.1, -0.05) is 31.4 Å². The van der Waals surface area contributed by atoms with Crippen LogP contribution in [0.25, 0.3) is 0 Å². The Bertz CT molecular complexity index is 569. The van der Waals surface area contributed by atoms with Gasteiger partial charge in [-0.3, -0.25) is 9.59 Å². The fourth-order valence-electron chi connectivity index (χ4n) is 2.95. The van der Waals surface area contributed by atoms with E-state index < -0.39 is 11.8 Å². The van der Waals surface area contributed by atoms with Gasteiger partial charge in [-0.05, 0) is 25.0 Å². The van der Waals surface area contributed by atoms with Crippen molar-refractivity contribution in [2.24, 2.45) is 0 Å². The molecule has 0 spiro atoms. The van der Waals surface area contributed by atoms with Gasteiger partial charge in [0.1, 0.15) is 12.7 Å². The van der Waals surface area contributed by atoms with Gasteiger partial charge in [-0.15, -0.1) is 0 Å². The Balaban J connectivity index is 1.43. The predicted octanol–water partition coefficient (Wildman–Crippen LogP) is 1.39. The van der Waals surface area contributed by atoms with Crippen molar-refractivity contribution in [2.75, 3.05) is 13.2 Å². The van der Waals surface area contributed by atoms with E-state index in [1.807, 2.05) is 24.3 Å². The third-order valence-corrected chi connectivity index (χ3v) is 4.20. The first-order chi connectivity index (χ1) is 11.2. The number of rotatable bonds is 3. The number of ether oxygens (including phenoxy) is 2. The molecular formula is C17H22N2O4. The highest BCUT2D eigenvalue weighted by Gasteiger charge is 2.24. The van der Waals surface area contributed by atoms with E-state index in [0.717, 1.165) is 25.7 Å². The number of carbonyl (C=O) groups excluding carboxylic acids is 2. The quantitative estimate of drug-likeness (QED) is 0.826. The highest BCUT2D eigenvalue weighted by atomic mass is 16.6. The summed E-state index contributed by atoms with van der Waals surface area (Å²) in [5.74, 6) is 0.182. The summed E-state index contributed by atoms with van der Waals surface area (Å²) in [6.45, 7) is 0.590. The molecule has 1 fully saturated rings. The minimum absolute atomic E-state index is 0.128. The largest absolute Gasteiger partial charge is 0.486 e. The number of hydrogen-bond acceptors (Lipinski definition) is 4. The average molecular weight is 318 g/mol. The molecule has 3 rings (SSSR count). The van der Waals surface area contributed by atoms with Gasteiger partial charge in [0.05, 0.1) is 6.54 Å². The summed E-state index contributed by atoms with van der Waals surface area (Å²) < 4.78 is 11.3. The van der Waals surface area contributed by atoms with Crippen molar-refractivity contribution in [2.45, 2.75) is 44.2 Å². The van der Waals surface area contributed by atoms with Gasteiger partial charge in [0, 0.05) is 6.04 Å². The summed E-state index contributed by atoms with van der Waals surface area (Å²) in [4.78, 5) is 23.8. The standard InChI is InChI=1S/C17H22N2O4/c20-16(17(21)19-12-6-2-1-3-7-12)18-10-13-11-22-14-8-4-5-9-15(14)23-13/h4-5,8-9,12-13H,1-3,6-7,10-11H2,(H,18,20)(H,19,21)/t13-/m0/s1. The van der Waals surface area contributed by atoms with Crippen LogP contribution in [0.15, 0.2) is 24.3 Å². The van der Waals surface area contributed by atoms with E-state index in [2.05, 4.69) is 10.6 Å². The molecule has 1 aromatic carbocycles. The van der Waals surface area contributed by atoms with E-state index in [1.165, 1.54) is 6.42 Å². The second kappa shape index (κ2) is 7.35. The zero-order valence-corrected chi connectivity index (χ0v) is 13.0. The second-order valence-electron chi connectivity index (χ2n) is 6.02. The number of nitrogens with one attached hydrogen (secondary N) is 2. The molecule has 0 bridgehead atoms. The van der Waals surface area contributed by atoms with Crippen molar-refractivity contribution >= 4 is 11.8 Å². The average Bonchev–Trinajstić information content (AvgIpc) is 2.60. The summed E-state index contributed by atoms with van der Waals surface area (Å²) in [5, 5.41) is 5.42. The van der Waals surface area contributed by atoms with Crippen LogP contribution in [0.4, 0.5) is 0 Å². The number of para-hydroxylation sites is 2. The molecule has 1 heterocycles. The molecule has 1 aliphatic carbocycles. The zero-order chi connectivity index (χ0) is 16.1. The molecule has 0 saturated heterocycles. The smallest absolute Gasteiger partial charge is 0.309 e. The molecular weight excluding hydrogens is 296 g/mol. The van der Waals surface area contributed by atoms with Crippen molar-refractivity contribution < 1.29 is 19.1 Å². The lowest BCUT2D eigenvalue weighted by Gasteiger charge is -2.26. The minimum Gasteiger partial charge on any atom is -0.486 e. The van der Waals surface area contributed by atoms with Crippen LogP contribution >= 0.6 is 0 Å². The van der Waals surface area contributed by atoms with Crippen LogP contribution in [0.3, 0.4) is 0 Å². The van der Waals surface area contributed by atoms with E-state index in [-0.39, 0.29) is 18.7 Å². The van der Waals surface area contributed by atoms with Gasteiger partial charge < -0.3 is 20.1 Å². The summed E-state index contributed by atoms with van der Waals surface area (Å²) in [5.41, 5.74) is 0. The fraction of sp³-hybridized carbons (Fsp3) is 0.529. The topological polar surface area (TPSA) is 76.7 Å². The maximum Gasteiger partial charge on any atom is 0.309 e. The number of benzene rings is 1. The molecule has 1 atom stereocenters. The van der Waals surface area contributed by atoms with Crippen LogP contribution in [0.5, 0.6) is 11.5 Å². The van der Waals surface area contributed by atoms with Crippen molar-refractivity contribution in [1.29, 1.82) is 0 Å². The van der Waals surface area contributed by atoms with Gasteiger partial charge in [0.2, 0.25) is 0 Å². The molecule has 2 N–H and O–H groups in total. The number of fused-ring (bicyclic) bond motifs is 1. The molecule has 6 heteroatoms. The molecule has 0 unspecified atom stereocenters. The van der Waals surface area contributed by atoms with Crippen molar-refractivity contribution in [3.05, 3.63) is 24.3 Å². The third-order valence-electron chi connectivity index (χ3n) is 4.20. The third kappa shape index (κ3) is 4.15. The second-order valence-corrected chi connectivity index (χ2v) is 6.02. The Kier molecular flexibility index (Phi) is 5.00. The molecule has 1 aromatic rings. The highest BCUT2D eigenvalue weighted by molar-refractivity contribution is 6.35. The molecule has 23 heavy (non-hydrogen) atoms. The fourth-order valence-corrected chi connectivity index (χ4v) is 2.95. The van der Waals surface area contributed by atoms with E-state index in [0.29, 0.717) is 18.1 Å². The molecule has 0 aromatic heterocycles. The van der Waals surface area contributed by atoms with Crippen molar-refractivity contribution in [3.63, 3.8) is 0 Å².